The average Bonchev–Trinajstić information content (AvgIpc) is 3.24. The molecule has 0 aromatic rings. The Morgan fingerprint density at radius 3 is 2.84 bits per heavy atom. The summed E-state index contributed by atoms with van der Waals surface area (Å²) in [6.45, 7) is 10.1. The van der Waals surface area contributed by atoms with Crippen molar-refractivity contribution in [2.45, 2.75) is 38.8 Å². The lowest BCUT2D eigenvalue weighted by molar-refractivity contribution is -0.130. The minimum atomic E-state index is 0.220. The Morgan fingerprint density at radius 1 is 1.42 bits per heavy atom. The number of hydrogen-bond donors (Lipinski definition) is 1. The van der Waals surface area contributed by atoms with Crippen LogP contribution < -0.4 is 5.32 Å². The largest absolute Gasteiger partial charge is 0.374 e. The summed E-state index contributed by atoms with van der Waals surface area (Å²) >= 11 is 0. The molecule has 1 saturated heterocycles. The highest BCUT2D eigenvalue weighted by molar-refractivity contribution is 5.78. The summed E-state index contributed by atoms with van der Waals surface area (Å²) in [6.07, 6.45) is 2.57. The van der Waals surface area contributed by atoms with Crippen molar-refractivity contribution in [3.8, 4) is 0 Å². The number of rotatable bonds is 7. The molecule has 1 amide bonds. The molecule has 1 unspecified atom stereocenters. The van der Waals surface area contributed by atoms with E-state index in [2.05, 4.69) is 24.1 Å². The molecule has 5 heteroatoms. The van der Waals surface area contributed by atoms with Crippen LogP contribution in [0.3, 0.4) is 0 Å². The third-order valence-corrected chi connectivity index (χ3v) is 3.97. The second-order valence-corrected chi connectivity index (χ2v) is 5.43. The summed E-state index contributed by atoms with van der Waals surface area (Å²) in [7, 11) is 0. The molecule has 0 aromatic heterocycles. The Morgan fingerprint density at radius 2 is 2.21 bits per heavy atom. The van der Waals surface area contributed by atoms with E-state index in [4.69, 9.17) is 4.74 Å². The molecule has 0 radical (unpaired) electrons. The van der Waals surface area contributed by atoms with E-state index in [0.717, 1.165) is 39.3 Å². The van der Waals surface area contributed by atoms with Crippen LogP contribution in [0.5, 0.6) is 0 Å². The number of amides is 1. The number of morpholine rings is 1. The Kier molecular flexibility index (Phi) is 5.60. The second-order valence-electron chi connectivity index (χ2n) is 5.43. The Hall–Kier alpha value is -0.650. The van der Waals surface area contributed by atoms with Gasteiger partial charge in [-0.05, 0) is 26.3 Å². The molecule has 1 heterocycles. The lowest BCUT2D eigenvalue weighted by atomic mass is 10.2. The minimum absolute atomic E-state index is 0.220. The van der Waals surface area contributed by atoms with Gasteiger partial charge >= 0.3 is 0 Å². The lowest BCUT2D eigenvalue weighted by Gasteiger charge is -2.32. The first-order valence-electron chi connectivity index (χ1n) is 7.58. The van der Waals surface area contributed by atoms with Crippen molar-refractivity contribution in [2.75, 3.05) is 45.9 Å². The number of hydrogen-bond acceptors (Lipinski definition) is 4. The van der Waals surface area contributed by atoms with Gasteiger partial charge in [-0.2, -0.15) is 0 Å². The average molecular weight is 269 g/mol. The monoisotopic (exact) mass is 269 g/mol. The van der Waals surface area contributed by atoms with E-state index in [1.165, 1.54) is 12.8 Å². The molecule has 19 heavy (non-hydrogen) atoms. The number of carbonyl (C=O) groups is 1. The van der Waals surface area contributed by atoms with Gasteiger partial charge in [-0.3, -0.25) is 9.69 Å². The van der Waals surface area contributed by atoms with Crippen LogP contribution in [0.4, 0.5) is 0 Å². The highest BCUT2D eigenvalue weighted by atomic mass is 16.5. The molecular formula is C14H27N3O2. The fraction of sp³-hybridized carbons (Fsp3) is 0.929. The summed E-state index contributed by atoms with van der Waals surface area (Å²) in [6, 6.07) is 0.515. The maximum absolute atomic E-state index is 12.0. The maximum atomic E-state index is 12.0. The molecule has 2 rings (SSSR count). The van der Waals surface area contributed by atoms with E-state index in [9.17, 15) is 4.79 Å². The van der Waals surface area contributed by atoms with Crippen LogP contribution in [-0.2, 0) is 9.53 Å². The third-order valence-electron chi connectivity index (χ3n) is 3.97. The van der Waals surface area contributed by atoms with Crippen LogP contribution in [0.15, 0.2) is 0 Å². The zero-order valence-corrected chi connectivity index (χ0v) is 12.2. The van der Waals surface area contributed by atoms with E-state index in [-0.39, 0.29) is 12.0 Å². The summed E-state index contributed by atoms with van der Waals surface area (Å²) in [5.41, 5.74) is 0. The number of carbonyl (C=O) groups excluding carboxylic acids is 1. The molecule has 1 saturated carbocycles. The highest BCUT2D eigenvalue weighted by Crippen LogP contribution is 2.26. The van der Waals surface area contributed by atoms with Gasteiger partial charge in [0.05, 0.1) is 19.3 Å². The fourth-order valence-corrected chi connectivity index (χ4v) is 2.66. The van der Waals surface area contributed by atoms with Gasteiger partial charge < -0.3 is 15.0 Å². The maximum Gasteiger partial charge on any atom is 0.236 e. The van der Waals surface area contributed by atoms with Crippen molar-refractivity contribution in [3.63, 3.8) is 0 Å². The Balaban J connectivity index is 1.63. The number of ether oxygens (including phenoxy) is 1. The molecular weight excluding hydrogens is 242 g/mol. The van der Waals surface area contributed by atoms with Crippen molar-refractivity contribution >= 4 is 5.91 Å². The van der Waals surface area contributed by atoms with Crippen molar-refractivity contribution < 1.29 is 9.53 Å². The van der Waals surface area contributed by atoms with Gasteiger partial charge in [0, 0.05) is 32.2 Å². The SMILES string of the molecule is CCN1CCOC(CNCC(=O)N(CC)C2CC2)C1. The Bertz CT molecular complexity index is 294. The lowest BCUT2D eigenvalue weighted by Crippen LogP contribution is -2.48. The van der Waals surface area contributed by atoms with Crippen molar-refractivity contribution in [1.82, 2.24) is 15.1 Å². The van der Waals surface area contributed by atoms with Gasteiger partial charge in [-0.1, -0.05) is 6.92 Å². The van der Waals surface area contributed by atoms with E-state index in [1.807, 2.05) is 4.90 Å². The van der Waals surface area contributed by atoms with Crippen LogP contribution in [0, 0.1) is 0 Å². The van der Waals surface area contributed by atoms with Gasteiger partial charge in [0.2, 0.25) is 5.91 Å². The van der Waals surface area contributed by atoms with Crippen LogP contribution in [0.2, 0.25) is 0 Å². The van der Waals surface area contributed by atoms with Crippen molar-refractivity contribution in [2.24, 2.45) is 0 Å². The van der Waals surface area contributed by atoms with Crippen LogP contribution in [-0.4, -0.2) is 73.7 Å². The van der Waals surface area contributed by atoms with Gasteiger partial charge in [-0.25, -0.2) is 0 Å². The van der Waals surface area contributed by atoms with E-state index < -0.39 is 0 Å². The number of nitrogens with zero attached hydrogens (tertiary/aromatic N) is 2. The summed E-state index contributed by atoms with van der Waals surface area (Å²) < 4.78 is 5.71. The molecule has 110 valence electrons. The van der Waals surface area contributed by atoms with Crippen LogP contribution in [0.25, 0.3) is 0 Å². The molecule has 0 bridgehead atoms. The molecule has 1 atom stereocenters. The number of likely N-dealkylation sites (N-methyl/N-ethyl adjacent to an activating group) is 2. The molecule has 0 aromatic carbocycles. The number of nitrogens with one attached hydrogen (secondary N) is 1. The fourth-order valence-electron chi connectivity index (χ4n) is 2.66. The molecule has 1 N–H and O–H groups in total. The summed E-state index contributed by atoms with van der Waals surface area (Å²) in [5.74, 6) is 0.230. The first-order valence-corrected chi connectivity index (χ1v) is 7.58. The molecule has 2 aliphatic rings. The first kappa shape index (κ1) is 14.8. The van der Waals surface area contributed by atoms with Crippen molar-refractivity contribution in [3.05, 3.63) is 0 Å². The van der Waals surface area contributed by atoms with E-state index >= 15 is 0 Å². The van der Waals surface area contributed by atoms with Crippen LogP contribution >= 0.6 is 0 Å². The zero-order chi connectivity index (χ0) is 13.7. The first-order chi connectivity index (χ1) is 9.24. The normalized spacial score (nSPS) is 24.4. The highest BCUT2D eigenvalue weighted by Gasteiger charge is 2.31. The van der Waals surface area contributed by atoms with E-state index in [1.54, 1.807) is 0 Å². The van der Waals surface area contributed by atoms with Gasteiger partial charge in [0.15, 0.2) is 0 Å². The van der Waals surface area contributed by atoms with Gasteiger partial charge in [0.1, 0.15) is 0 Å². The Labute approximate surface area is 116 Å². The molecule has 1 aliphatic carbocycles. The predicted molar refractivity (Wildman–Crippen MR) is 75.1 cm³/mol. The van der Waals surface area contributed by atoms with Gasteiger partial charge in [0.25, 0.3) is 0 Å². The second kappa shape index (κ2) is 7.22. The third kappa shape index (κ3) is 4.44. The molecule has 2 fully saturated rings. The molecule has 0 spiro atoms. The van der Waals surface area contributed by atoms with Crippen molar-refractivity contribution in [1.29, 1.82) is 0 Å². The van der Waals surface area contributed by atoms with Crippen LogP contribution in [0.1, 0.15) is 26.7 Å². The smallest absolute Gasteiger partial charge is 0.236 e. The quantitative estimate of drug-likeness (QED) is 0.722. The molecule has 5 nitrogen and oxygen atoms in total. The predicted octanol–water partition coefficient (Wildman–Crippen LogP) is 0.308. The minimum Gasteiger partial charge on any atom is -0.374 e. The topological polar surface area (TPSA) is 44.8 Å². The zero-order valence-electron chi connectivity index (χ0n) is 12.2. The molecule has 1 aliphatic heterocycles. The standard InChI is InChI=1S/C14H27N3O2/c1-3-16-7-8-19-13(11-16)9-15-10-14(18)17(4-2)12-5-6-12/h12-13,15H,3-11H2,1-2H3. The summed E-state index contributed by atoms with van der Waals surface area (Å²) in [4.78, 5) is 16.4. The van der Waals surface area contributed by atoms with Gasteiger partial charge in [-0.15, -0.1) is 0 Å². The summed E-state index contributed by atoms with van der Waals surface area (Å²) in [5, 5.41) is 3.25. The van der Waals surface area contributed by atoms with E-state index in [0.29, 0.717) is 12.6 Å².